The first kappa shape index (κ1) is 43.8. The number of aromatic nitrogens is 1. The SMILES string of the molecule is COC(=O)C[C@@H](C)NC(=O)/C(C)=C/[C@H](C(C)C)N(C)C(=O)[C@@H](NC(=O)[C@@H](N(C)C(=O)OC(C)(C)C)C(C)(C)c1cn(C)c2ccccc12)C(C)(C)C. The smallest absolute Gasteiger partial charge is 0.410 e. The zero-order valence-corrected chi connectivity index (χ0v) is 34.3. The van der Waals surface area contributed by atoms with Crippen molar-refractivity contribution in [3.63, 3.8) is 0 Å². The predicted molar refractivity (Wildman–Crippen MR) is 205 cm³/mol. The van der Waals surface area contributed by atoms with Crippen LogP contribution in [0.2, 0.25) is 0 Å². The van der Waals surface area contributed by atoms with Crippen LogP contribution in [0.3, 0.4) is 0 Å². The fourth-order valence-corrected chi connectivity index (χ4v) is 6.46. The summed E-state index contributed by atoms with van der Waals surface area (Å²) in [5.41, 5.74) is -0.300. The first-order chi connectivity index (χ1) is 23.7. The number of carbonyl (C=O) groups is 5. The molecule has 0 radical (unpaired) electrons. The third-order valence-electron chi connectivity index (χ3n) is 9.33. The van der Waals surface area contributed by atoms with Crippen LogP contribution in [0.1, 0.15) is 95.1 Å². The minimum absolute atomic E-state index is 0.0237. The van der Waals surface area contributed by atoms with E-state index in [1.807, 2.05) is 90.5 Å². The summed E-state index contributed by atoms with van der Waals surface area (Å²) in [6.45, 7) is 22.0. The molecule has 1 aromatic carbocycles. The molecule has 0 bridgehead atoms. The third-order valence-corrected chi connectivity index (χ3v) is 9.33. The zero-order valence-electron chi connectivity index (χ0n) is 34.3. The largest absolute Gasteiger partial charge is 0.469 e. The van der Waals surface area contributed by atoms with Crippen LogP contribution in [0.25, 0.3) is 10.9 Å². The average molecular weight is 726 g/mol. The first-order valence-corrected chi connectivity index (χ1v) is 17.9. The van der Waals surface area contributed by atoms with Gasteiger partial charge in [-0.1, -0.05) is 72.7 Å². The van der Waals surface area contributed by atoms with Crippen LogP contribution in [0.5, 0.6) is 0 Å². The molecular formula is C40H63N5O7. The Hall–Kier alpha value is -4.35. The number of likely N-dealkylation sites (N-methyl/N-ethyl adjacent to an activating group) is 2. The van der Waals surface area contributed by atoms with E-state index in [2.05, 4.69) is 10.6 Å². The van der Waals surface area contributed by atoms with Crippen LogP contribution in [-0.2, 0) is 41.1 Å². The van der Waals surface area contributed by atoms with Gasteiger partial charge in [0.25, 0.3) is 0 Å². The van der Waals surface area contributed by atoms with Gasteiger partial charge in [-0.15, -0.1) is 0 Å². The molecule has 2 N–H and O–H groups in total. The van der Waals surface area contributed by atoms with Crippen molar-refractivity contribution in [1.82, 2.24) is 25.0 Å². The first-order valence-electron chi connectivity index (χ1n) is 17.9. The second-order valence-electron chi connectivity index (χ2n) is 16.9. The maximum absolute atomic E-state index is 14.7. The number of hydrogen-bond acceptors (Lipinski definition) is 7. The molecule has 12 nitrogen and oxygen atoms in total. The molecule has 0 aliphatic rings. The monoisotopic (exact) mass is 725 g/mol. The van der Waals surface area contributed by atoms with Gasteiger partial charge in [-0.05, 0) is 57.6 Å². The summed E-state index contributed by atoms with van der Waals surface area (Å²) >= 11 is 0. The van der Waals surface area contributed by atoms with Crippen molar-refractivity contribution in [3.05, 3.63) is 47.7 Å². The van der Waals surface area contributed by atoms with Crippen LogP contribution < -0.4 is 10.6 Å². The van der Waals surface area contributed by atoms with E-state index >= 15 is 0 Å². The molecule has 0 spiro atoms. The second kappa shape index (κ2) is 17.0. The standard InChI is InChI=1S/C40H63N5O7/c1-24(2)30(21-25(3)34(47)41-26(4)22-31(46)51-16)44(14)36(49)32(38(5,6)7)42-35(48)33(45(15)37(50)52-39(8,9)10)40(11,12)28-23-43(13)29-20-18-17-19-27(28)29/h17-21,23-24,26,30,32-33H,22H2,1-16H3,(H,41,47)(H,42,48)/b25-21+/t26-,30-,32-,33-/m1/s1. The van der Waals surface area contributed by atoms with E-state index in [1.165, 1.54) is 12.0 Å². The topological polar surface area (TPSA) is 139 Å². The highest BCUT2D eigenvalue weighted by Gasteiger charge is 2.46. The summed E-state index contributed by atoms with van der Waals surface area (Å²) in [6, 6.07) is 4.82. The molecule has 4 amide bonds. The number of methoxy groups -OCH3 is 1. The highest BCUT2D eigenvalue weighted by atomic mass is 16.6. The van der Waals surface area contributed by atoms with Crippen LogP contribution in [0.15, 0.2) is 42.1 Å². The molecule has 290 valence electrons. The van der Waals surface area contributed by atoms with Gasteiger partial charge in [0.2, 0.25) is 17.7 Å². The molecular weight excluding hydrogens is 662 g/mol. The molecule has 0 saturated carbocycles. The van der Waals surface area contributed by atoms with Crippen molar-refractivity contribution in [2.45, 2.75) is 125 Å². The van der Waals surface area contributed by atoms with Gasteiger partial charge in [-0.2, -0.15) is 0 Å². The predicted octanol–water partition coefficient (Wildman–Crippen LogP) is 5.72. The van der Waals surface area contributed by atoms with Crippen molar-refractivity contribution < 1.29 is 33.4 Å². The summed E-state index contributed by atoms with van der Waals surface area (Å²) in [4.78, 5) is 70.4. The van der Waals surface area contributed by atoms with E-state index in [1.54, 1.807) is 59.7 Å². The molecule has 12 heteroatoms. The Kier molecular flexibility index (Phi) is 14.3. The van der Waals surface area contributed by atoms with Gasteiger partial charge in [0.05, 0.1) is 19.6 Å². The number of hydrogen-bond donors (Lipinski definition) is 2. The second-order valence-corrected chi connectivity index (χ2v) is 16.9. The van der Waals surface area contributed by atoms with Gasteiger partial charge in [0.1, 0.15) is 17.7 Å². The number of ether oxygens (including phenoxy) is 2. The number of para-hydroxylation sites is 1. The maximum Gasteiger partial charge on any atom is 0.410 e. The van der Waals surface area contributed by atoms with Gasteiger partial charge in [-0.3, -0.25) is 24.1 Å². The van der Waals surface area contributed by atoms with Gasteiger partial charge in [0.15, 0.2) is 0 Å². The Balaban J connectivity index is 2.57. The molecule has 0 aliphatic carbocycles. The highest BCUT2D eigenvalue weighted by Crippen LogP contribution is 2.37. The van der Waals surface area contributed by atoms with Crippen LogP contribution >= 0.6 is 0 Å². The Labute approximate surface area is 310 Å². The minimum atomic E-state index is -1.09. The normalized spacial score (nSPS) is 15.0. The fourth-order valence-electron chi connectivity index (χ4n) is 6.46. The Bertz CT molecular complexity index is 1640. The van der Waals surface area contributed by atoms with Crippen molar-refractivity contribution >= 4 is 40.7 Å². The number of rotatable bonds is 13. The van der Waals surface area contributed by atoms with Gasteiger partial charge in [0, 0.05) is 55.3 Å². The summed E-state index contributed by atoms with van der Waals surface area (Å²) in [6.07, 6.45) is 3.06. The lowest BCUT2D eigenvalue weighted by atomic mass is 9.76. The molecule has 0 fully saturated rings. The number of nitrogens with zero attached hydrogens (tertiary/aromatic N) is 3. The minimum Gasteiger partial charge on any atom is -0.469 e. The number of aryl methyl sites for hydroxylation is 1. The molecule has 0 unspecified atom stereocenters. The average Bonchev–Trinajstić information content (AvgIpc) is 3.37. The molecule has 0 aliphatic heterocycles. The lowest BCUT2D eigenvalue weighted by molar-refractivity contribution is -0.142. The van der Waals surface area contributed by atoms with E-state index in [-0.39, 0.29) is 24.2 Å². The van der Waals surface area contributed by atoms with E-state index in [0.717, 1.165) is 16.5 Å². The molecule has 1 heterocycles. The number of amides is 4. The highest BCUT2D eigenvalue weighted by molar-refractivity contribution is 5.95. The van der Waals surface area contributed by atoms with E-state index in [4.69, 9.17) is 9.47 Å². The summed E-state index contributed by atoms with van der Waals surface area (Å²) in [5.74, 6) is -1.77. The number of nitrogens with one attached hydrogen (secondary N) is 2. The molecule has 4 atom stereocenters. The molecule has 1 aromatic heterocycles. The van der Waals surface area contributed by atoms with Crippen molar-refractivity contribution in [3.8, 4) is 0 Å². The Morgan fingerprint density at radius 3 is 2.00 bits per heavy atom. The number of benzene rings is 1. The molecule has 52 heavy (non-hydrogen) atoms. The van der Waals surface area contributed by atoms with Crippen LogP contribution in [0.4, 0.5) is 4.79 Å². The fraction of sp³-hybridized carbons (Fsp3) is 0.625. The quantitative estimate of drug-likeness (QED) is 0.199. The van der Waals surface area contributed by atoms with Crippen molar-refractivity contribution in [2.24, 2.45) is 18.4 Å². The Morgan fingerprint density at radius 1 is 0.904 bits per heavy atom. The van der Waals surface area contributed by atoms with Gasteiger partial charge in [-0.25, -0.2) is 4.79 Å². The van der Waals surface area contributed by atoms with E-state index in [9.17, 15) is 24.0 Å². The summed E-state index contributed by atoms with van der Waals surface area (Å²) < 4.78 is 12.4. The van der Waals surface area contributed by atoms with E-state index < -0.39 is 58.6 Å². The lowest BCUT2D eigenvalue weighted by Crippen LogP contribution is -2.63. The maximum atomic E-state index is 14.7. The number of carbonyl (C=O) groups excluding carboxylic acids is 5. The zero-order chi connectivity index (χ0) is 40.1. The molecule has 2 rings (SSSR count). The lowest BCUT2D eigenvalue weighted by Gasteiger charge is -2.42. The van der Waals surface area contributed by atoms with E-state index in [0.29, 0.717) is 5.57 Å². The molecule has 0 saturated heterocycles. The van der Waals surface area contributed by atoms with Crippen molar-refractivity contribution in [1.29, 1.82) is 0 Å². The molecule has 2 aromatic rings. The Morgan fingerprint density at radius 2 is 1.48 bits per heavy atom. The van der Waals surface area contributed by atoms with Gasteiger partial charge >= 0.3 is 12.1 Å². The van der Waals surface area contributed by atoms with Crippen molar-refractivity contribution in [2.75, 3.05) is 21.2 Å². The summed E-state index contributed by atoms with van der Waals surface area (Å²) in [7, 11) is 6.43. The van der Waals surface area contributed by atoms with Gasteiger partial charge < -0.3 is 29.6 Å². The number of fused-ring (bicyclic) bond motifs is 1. The van der Waals surface area contributed by atoms with Crippen LogP contribution in [0, 0.1) is 11.3 Å². The number of esters is 1. The summed E-state index contributed by atoms with van der Waals surface area (Å²) in [5, 5.41) is 6.80. The van der Waals surface area contributed by atoms with Crippen LogP contribution in [-0.4, -0.2) is 95.1 Å². The third kappa shape index (κ3) is 10.8.